The number of hydrogen-bond acceptors (Lipinski definition) is 4. The Kier molecular flexibility index (Phi) is 5.61. The van der Waals surface area contributed by atoms with Crippen molar-refractivity contribution in [2.75, 3.05) is 11.3 Å². The van der Waals surface area contributed by atoms with Crippen molar-refractivity contribution in [1.29, 1.82) is 0 Å². The second kappa shape index (κ2) is 7.29. The molecule has 124 valence electrons. The molecule has 2 rings (SSSR count). The zero-order valence-corrected chi connectivity index (χ0v) is 14.5. The maximum atomic E-state index is 13.7. The summed E-state index contributed by atoms with van der Waals surface area (Å²) in [6, 6.07) is 6.81. The number of carbonyl (C=O) groups excluding carboxylic acids is 1. The van der Waals surface area contributed by atoms with Gasteiger partial charge in [0.25, 0.3) is 10.0 Å². The van der Waals surface area contributed by atoms with E-state index in [1.54, 1.807) is 6.07 Å². The highest BCUT2D eigenvalue weighted by molar-refractivity contribution is 7.94. The van der Waals surface area contributed by atoms with E-state index >= 15 is 0 Å². The fraction of sp³-hybridized carbons (Fsp3) is 0.214. The van der Waals surface area contributed by atoms with Crippen LogP contribution in [-0.4, -0.2) is 20.9 Å². The number of sulfonamides is 1. The lowest BCUT2D eigenvalue weighted by Crippen LogP contribution is -2.22. The second-order valence-corrected chi connectivity index (χ2v) is 8.20. The summed E-state index contributed by atoms with van der Waals surface area (Å²) in [6.45, 7) is 1.84. The fourth-order valence-electron chi connectivity index (χ4n) is 1.77. The highest BCUT2D eigenvalue weighted by Crippen LogP contribution is 2.26. The maximum Gasteiger partial charge on any atom is 0.271 e. The number of halogens is 2. The summed E-state index contributed by atoms with van der Waals surface area (Å²) in [7, 11) is -3.87. The average molecular weight is 377 g/mol. The van der Waals surface area contributed by atoms with Gasteiger partial charge in [-0.3, -0.25) is 9.52 Å². The highest BCUT2D eigenvalue weighted by atomic mass is 35.5. The highest BCUT2D eigenvalue weighted by Gasteiger charge is 2.18. The molecule has 0 atom stereocenters. The number of amides is 1. The molecule has 1 aromatic carbocycles. The van der Waals surface area contributed by atoms with Crippen molar-refractivity contribution < 1.29 is 17.6 Å². The molecule has 0 fully saturated rings. The van der Waals surface area contributed by atoms with Crippen LogP contribution in [-0.2, 0) is 21.2 Å². The first-order chi connectivity index (χ1) is 10.8. The van der Waals surface area contributed by atoms with E-state index in [2.05, 4.69) is 10.0 Å². The lowest BCUT2D eigenvalue weighted by atomic mass is 10.3. The van der Waals surface area contributed by atoms with Crippen molar-refractivity contribution in [3.8, 4) is 0 Å². The molecule has 1 amide bonds. The van der Waals surface area contributed by atoms with Gasteiger partial charge in [-0.15, -0.1) is 11.3 Å². The Morgan fingerprint density at radius 1 is 1.30 bits per heavy atom. The molecule has 0 unspecified atom stereocenters. The maximum absolute atomic E-state index is 13.7. The summed E-state index contributed by atoms with van der Waals surface area (Å²) in [5, 5.41) is 2.82. The number of rotatable bonds is 6. The van der Waals surface area contributed by atoms with E-state index in [1.165, 1.54) is 25.1 Å². The van der Waals surface area contributed by atoms with Gasteiger partial charge in [-0.2, -0.15) is 0 Å². The SMILES string of the molecule is CC(=O)NCCc1ccc(S(=O)(=O)Nc2ccc(Cl)cc2F)s1. The Balaban J connectivity index is 2.10. The summed E-state index contributed by atoms with van der Waals surface area (Å²) in [6.07, 6.45) is 0.523. The molecule has 0 aliphatic carbocycles. The molecule has 2 N–H and O–H groups in total. The second-order valence-electron chi connectivity index (χ2n) is 4.68. The van der Waals surface area contributed by atoms with Crippen molar-refractivity contribution in [3.63, 3.8) is 0 Å². The fourth-order valence-corrected chi connectivity index (χ4v) is 4.35. The summed E-state index contributed by atoms with van der Waals surface area (Å²) < 4.78 is 40.5. The zero-order valence-electron chi connectivity index (χ0n) is 12.1. The molecular formula is C14H14ClFN2O3S2. The normalized spacial score (nSPS) is 11.3. The molecular weight excluding hydrogens is 363 g/mol. The van der Waals surface area contributed by atoms with Gasteiger partial charge < -0.3 is 5.32 Å². The number of hydrogen-bond donors (Lipinski definition) is 2. The lowest BCUT2D eigenvalue weighted by Gasteiger charge is -2.07. The minimum atomic E-state index is -3.87. The van der Waals surface area contributed by atoms with Crippen LogP contribution in [0.2, 0.25) is 5.02 Å². The van der Waals surface area contributed by atoms with E-state index in [9.17, 15) is 17.6 Å². The topological polar surface area (TPSA) is 75.3 Å². The molecule has 0 aliphatic rings. The van der Waals surface area contributed by atoms with Crippen molar-refractivity contribution in [2.24, 2.45) is 0 Å². The molecule has 0 spiro atoms. The Morgan fingerprint density at radius 3 is 2.70 bits per heavy atom. The summed E-state index contributed by atoms with van der Waals surface area (Å²) >= 11 is 6.70. The third-order valence-electron chi connectivity index (χ3n) is 2.82. The van der Waals surface area contributed by atoms with Crippen LogP contribution in [0.15, 0.2) is 34.5 Å². The molecule has 0 radical (unpaired) electrons. The van der Waals surface area contributed by atoms with Crippen LogP contribution in [0, 0.1) is 5.82 Å². The van der Waals surface area contributed by atoms with Gasteiger partial charge in [0.05, 0.1) is 5.69 Å². The smallest absolute Gasteiger partial charge is 0.271 e. The third kappa shape index (κ3) is 4.92. The van der Waals surface area contributed by atoms with Gasteiger partial charge >= 0.3 is 0 Å². The van der Waals surface area contributed by atoms with Gasteiger partial charge in [0.2, 0.25) is 5.91 Å². The monoisotopic (exact) mass is 376 g/mol. The van der Waals surface area contributed by atoms with E-state index in [0.29, 0.717) is 13.0 Å². The van der Waals surface area contributed by atoms with E-state index in [-0.39, 0.29) is 20.8 Å². The van der Waals surface area contributed by atoms with E-state index < -0.39 is 15.8 Å². The Labute approximate surface area is 142 Å². The number of anilines is 1. The average Bonchev–Trinajstić information content (AvgIpc) is 2.91. The molecule has 1 heterocycles. The number of nitrogens with one attached hydrogen (secondary N) is 2. The van der Waals surface area contributed by atoms with Crippen molar-refractivity contribution in [3.05, 3.63) is 46.0 Å². The molecule has 0 saturated heterocycles. The minimum Gasteiger partial charge on any atom is -0.356 e. The van der Waals surface area contributed by atoms with E-state index in [1.807, 2.05) is 0 Å². The Morgan fingerprint density at radius 2 is 2.04 bits per heavy atom. The molecule has 5 nitrogen and oxygen atoms in total. The van der Waals surface area contributed by atoms with Crippen molar-refractivity contribution in [1.82, 2.24) is 5.32 Å². The molecule has 9 heteroatoms. The summed E-state index contributed by atoms with van der Waals surface area (Å²) in [5.74, 6) is -0.891. The number of thiophene rings is 1. The van der Waals surface area contributed by atoms with Gasteiger partial charge in [-0.05, 0) is 36.8 Å². The summed E-state index contributed by atoms with van der Waals surface area (Å²) in [5.41, 5.74) is -0.164. The molecule has 0 bridgehead atoms. The predicted molar refractivity (Wildman–Crippen MR) is 88.9 cm³/mol. The van der Waals surface area contributed by atoms with Crippen LogP contribution >= 0.6 is 22.9 Å². The summed E-state index contributed by atoms with van der Waals surface area (Å²) in [4.78, 5) is 11.6. The first-order valence-corrected chi connectivity index (χ1v) is 9.27. The van der Waals surface area contributed by atoms with E-state index in [0.717, 1.165) is 22.3 Å². The number of carbonyl (C=O) groups is 1. The quantitative estimate of drug-likeness (QED) is 0.813. The molecule has 23 heavy (non-hydrogen) atoms. The first-order valence-electron chi connectivity index (χ1n) is 6.59. The Hall–Kier alpha value is -1.64. The van der Waals surface area contributed by atoms with Crippen LogP contribution < -0.4 is 10.0 Å². The number of benzene rings is 1. The minimum absolute atomic E-state index is 0.0738. The van der Waals surface area contributed by atoms with Crippen LogP contribution in [0.25, 0.3) is 0 Å². The standard InChI is InChI=1S/C14H14ClFN2O3S2/c1-9(19)17-7-6-11-3-5-14(22-11)23(20,21)18-13-4-2-10(15)8-12(13)16/h2-5,8,18H,6-7H2,1H3,(H,17,19). The van der Waals surface area contributed by atoms with Crippen LogP contribution in [0.4, 0.5) is 10.1 Å². The van der Waals surface area contributed by atoms with Crippen molar-refractivity contribution >= 4 is 44.6 Å². The molecule has 1 aromatic heterocycles. The lowest BCUT2D eigenvalue weighted by molar-refractivity contribution is -0.118. The van der Waals surface area contributed by atoms with Crippen LogP contribution in [0.5, 0.6) is 0 Å². The third-order valence-corrected chi connectivity index (χ3v) is 6.06. The van der Waals surface area contributed by atoms with E-state index in [4.69, 9.17) is 11.6 Å². The predicted octanol–water partition coefficient (Wildman–Crippen LogP) is 3.02. The van der Waals surface area contributed by atoms with Gasteiger partial charge in [-0.25, -0.2) is 12.8 Å². The van der Waals surface area contributed by atoms with Gasteiger partial charge in [0, 0.05) is 23.4 Å². The Bertz CT molecular complexity index is 821. The van der Waals surface area contributed by atoms with Gasteiger partial charge in [-0.1, -0.05) is 11.6 Å². The molecule has 0 saturated carbocycles. The first kappa shape index (κ1) is 17.7. The van der Waals surface area contributed by atoms with Gasteiger partial charge in [0.15, 0.2) is 0 Å². The van der Waals surface area contributed by atoms with Gasteiger partial charge in [0.1, 0.15) is 10.0 Å². The zero-order chi connectivity index (χ0) is 17.0. The molecule has 0 aliphatic heterocycles. The largest absolute Gasteiger partial charge is 0.356 e. The molecule has 2 aromatic rings. The van der Waals surface area contributed by atoms with Crippen LogP contribution in [0.3, 0.4) is 0 Å². The van der Waals surface area contributed by atoms with Crippen LogP contribution in [0.1, 0.15) is 11.8 Å². The van der Waals surface area contributed by atoms with Crippen molar-refractivity contribution in [2.45, 2.75) is 17.6 Å².